The molecule has 0 aliphatic heterocycles. The van der Waals surface area contributed by atoms with Crippen molar-refractivity contribution in [1.29, 1.82) is 0 Å². The van der Waals surface area contributed by atoms with Crippen LogP contribution in [0.3, 0.4) is 0 Å². The van der Waals surface area contributed by atoms with Crippen LogP contribution in [0.2, 0.25) is 0 Å². The molecule has 1 fully saturated rings. The van der Waals surface area contributed by atoms with Crippen LogP contribution in [0.4, 0.5) is 0 Å². The molecule has 2 nitrogen and oxygen atoms in total. The van der Waals surface area contributed by atoms with Gasteiger partial charge in [-0.3, -0.25) is 4.79 Å². The number of nitrogens with two attached hydrogens (primary N) is 1. The maximum atomic E-state index is 10.2. The SMILES string of the molecule is NC(=O)CCC1CC1. The molecule has 8 heavy (non-hydrogen) atoms. The fraction of sp³-hybridized carbons (Fsp3) is 0.833. The Balaban J connectivity index is 1.95. The van der Waals surface area contributed by atoms with Gasteiger partial charge in [-0.25, -0.2) is 0 Å². The molecule has 0 unspecified atom stereocenters. The molecule has 0 atom stereocenters. The van der Waals surface area contributed by atoms with Gasteiger partial charge in [-0.15, -0.1) is 0 Å². The van der Waals surface area contributed by atoms with Crippen molar-refractivity contribution in [3.05, 3.63) is 0 Å². The lowest BCUT2D eigenvalue weighted by Crippen LogP contribution is -2.09. The molecule has 1 saturated carbocycles. The summed E-state index contributed by atoms with van der Waals surface area (Å²) >= 11 is 0. The van der Waals surface area contributed by atoms with Gasteiger partial charge in [-0.1, -0.05) is 12.8 Å². The van der Waals surface area contributed by atoms with E-state index in [-0.39, 0.29) is 5.91 Å². The third-order valence-electron chi connectivity index (χ3n) is 1.50. The number of carbonyl (C=O) groups excluding carboxylic acids is 1. The Hall–Kier alpha value is -0.530. The van der Waals surface area contributed by atoms with E-state index in [0.29, 0.717) is 6.42 Å². The van der Waals surface area contributed by atoms with Crippen molar-refractivity contribution in [3.63, 3.8) is 0 Å². The Morgan fingerprint density at radius 2 is 2.25 bits per heavy atom. The summed E-state index contributed by atoms with van der Waals surface area (Å²) in [6.45, 7) is 0. The Kier molecular flexibility index (Phi) is 1.51. The van der Waals surface area contributed by atoms with Crippen molar-refractivity contribution < 1.29 is 4.79 Å². The molecule has 0 heterocycles. The zero-order valence-corrected chi connectivity index (χ0v) is 4.89. The first-order valence-electron chi connectivity index (χ1n) is 3.07. The second-order valence-corrected chi connectivity index (χ2v) is 2.45. The van der Waals surface area contributed by atoms with Crippen LogP contribution in [-0.2, 0) is 4.79 Å². The molecule has 2 N–H and O–H groups in total. The number of primary amides is 1. The van der Waals surface area contributed by atoms with E-state index in [1.807, 2.05) is 0 Å². The third-order valence-corrected chi connectivity index (χ3v) is 1.50. The zero-order valence-electron chi connectivity index (χ0n) is 4.89. The van der Waals surface area contributed by atoms with Crippen LogP contribution in [-0.4, -0.2) is 5.91 Å². The smallest absolute Gasteiger partial charge is 0.217 e. The minimum Gasteiger partial charge on any atom is -0.370 e. The Morgan fingerprint density at radius 1 is 1.62 bits per heavy atom. The van der Waals surface area contributed by atoms with E-state index in [1.54, 1.807) is 0 Å². The van der Waals surface area contributed by atoms with Crippen molar-refractivity contribution in [2.24, 2.45) is 11.7 Å². The largest absolute Gasteiger partial charge is 0.370 e. The molecule has 1 amide bonds. The van der Waals surface area contributed by atoms with Gasteiger partial charge in [0.15, 0.2) is 0 Å². The summed E-state index contributed by atoms with van der Waals surface area (Å²) in [4.78, 5) is 10.2. The Morgan fingerprint density at radius 3 is 2.62 bits per heavy atom. The standard InChI is InChI=1S/C6H11NO/c7-6(8)4-3-5-1-2-5/h5H,1-4H2,(H2,7,8). The highest BCUT2D eigenvalue weighted by Gasteiger charge is 2.20. The molecule has 2 heteroatoms. The van der Waals surface area contributed by atoms with Gasteiger partial charge in [0.2, 0.25) is 5.91 Å². The predicted octanol–water partition coefficient (Wildman–Crippen LogP) is 0.662. The number of hydrogen-bond donors (Lipinski definition) is 1. The summed E-state index contributed by atoms with van der Waals surface area (Å²) in [6.07, 6.45) is 4.24. The molecule has 1 aliphatic rings. The van der Waals surface area contributed by atoms with E-state index in [0.717, 1.165) is 12.3 Å². The predicted molar refractivity (Wildman–Crippen MR) is 31.2 cm³/mol. The van der Waals surface area contributed by atoms with E-state index in [9.17, 15) is 4.79 Å². The molecule has 0 aromatic heterocycles. The van der Waals surface area contributed by atoms with E-state index in [4.69, 9.17) is 5.73 Å². The molecular weight excluding hydrogens is 102 g/mol. The van der Waals surface area contributed by atoms with Gasteiger partial charge in [0.05, 0.1) is 0 Å². The summed E-state index contributed by atoms with van der Waals surface area (Å²) in [6, 6.07) is 0. The average Bonchev–Trinajstić information content (AvgIpc) is 2.41. The van der Waals surface area contributed by atoms with Crippen molar-refractivity contribution in [1.82, 2.24) is 0 Å². The molecule has 0 aromatic rings. The molecule has 46 valence electrons. The number of hydrogen-bond acceptors (Lipinski definition) is 1. The summed E-state index contributed by atoms with van der Waals surface area (Å²) < 4.78 is 0. The van der Waals surface area contributed by atoms with Crippen LogP contribution in [0.25, 0.3) is 0 Å². The fourth-order valence-corrected chi connectivity index (χ4v) is 0.753. The van der Waals surface area contributed by atoms with Crippen molar-refractivity contribution in [2.75, 3.05) is 0 Å². The Labute approximate surface area is 49.1 Å². The van der Waals surface area contributed by atoms with Crippen LogP contribution in [0.5, 0.6) is 0 Å². The second-order valence-electron chi connectivity index (χ2n) is 2.45. The zero-order chi connectivity index (χ0) is 5.98. The maximum Gasteiger partial charge on any atom is 0.217 e. The lowest BCUT2D eigenvalue weighted by molar-refractivity contribution is -0.118. The molecule has 0 aromatic carbocycles. The van der Waals surface area contributed by atoms with E-state index in [1.165, 1.54) is 12.8 Å². The quantitative estimate of drug-likeness (QED) is 0.574. The lowest BCUT2D eigenvalue weighted by atomic mass is 10.2. The normalized spacial score (nSPS) is 18.5. The first kappa shape index (κ1) is 5.60. The van der Waals surface area contributed by atoms with E-state index >= 15 is 0 Å². The van der Waals surface area contributed by atoms with Gasteiger partial charge in [0.25, 0.3) is 0 Å². The van der Waals surface area contributed by atoms with Gasteiger partial charge in [-0.05, 0) is 12.3 Å². The molecule has 1 rings (SSSR count). The van der Waals surface area contributed by atoms with Gasteiger partial charge < -0.3 is 5.73 Å². The van der Waals surface area contributed by atoms with E-state index in [2.05, 4.69) is 0 Å². The van der Waals surface area contributed by atoms with Crippen molar-refractivity contribution in [3.8, 4) is 0 Å². The molecule has 0 spiro atoms. The van der Waals surface area contributed by atoms with Crippen LogP contribution in [0.15, 0.2) is 0 Å². The fourth-order valence-electron chi connectivity index (χ4n) is 0.753. The minimum atomic E-state index is -0.156. The van der Waals surface area contributed by atoms with Gasteiger partial charge in [-0.2, -0.15) is 0 Å². The van der Waals surface area contributed by atoms with Gasteiger partial charge in [0, 0.05) is 6.42 Å². The minimum absolute atomic E-state index is 0.156. The molecule has 0 bridgehead atoms. The number of carbonyl (C=O) groups is 1. The molecule has 1 aliphatic carbocycles. The highest BCUT2D eigenvalue weighted by Crippen LogP contribution is 2.33. The average molecular weight is 113 g/mol. The van der Waals surface area contributed by atoms with Crippen LogP contribution in [0.1, 0.15) is 25.7 Å². The van der Waals surface area contributed by atoms with Crippen LogP contribution >= 0.6 is 0 Å². The highest BCUT2D eigenvalue weighted by atomic mass is 16.1. The summed E-state index contributed by atoms with van der Waals surface area (Å²) in [5.41, 5.74) is 4.93. The van der Waals surface area contributed by atoms with Crippen LogP contribution < -0.4 is 5.73 Å². The lowest BCUT2D eigenvalue weighted by Gasteiger charge is -1.89. The summed E-state index contributed by atoms with van der Waals surface area (Å²) in [7, 11) is 0. The topological polar surface area (TPSA) is 43.1 Å². The number of rotatable bonds is 3. The van der Waals surface area contributed by atoms with Crippen LogP contribution in [0, 0.1) is 5.92 Å². The first-order valence-corrected chi connectivity index (χ1v) is 3.07. The van der Waals surface area contributed by atoms with Crippen molar-refractivity contribution >= 4 is 5.91 Å². The second kappa shape index (κ2) is 2.16. The van der Waals surface area contributed by atoms with Crippen molar-refractivity contribution in [2.45, 2.75) is 25.7 Å². The van der Waals surface area contributed by atoms with Gasteiger partial charge in [0.1, 0.15) is 0 Å². The summed E-state index contributed by atoms with van der Waals surface area (Å²) in [5, 5.41) is 0. The molecule has 0 radical (unpaired) electrons. The van der Waals surface area contributed by atoms with Gasteiger partial charge >= 0.3 is 0 Å². The molecular formula is C6H11NO. The van der Waals surface area contributed by atoms with E-state index < -0.39 is 0 Å². The summed E-state index contributed by atoms with van der Waals surface area (Å²) in [5.74, 6) is 0.680. The monoisotopic (exact) mass is 113 g/mol. The third kappa shape index (κ3) is 1.96. The highest BCUT2D eigenvalue weighted by molar-refractivity contribution is 5.73. The Bertz CT molecular complexity index is 96.7. The number of amides is 1. The maximum absolute atomic E-state index is 10.2. The molecule has 0 saturated heterocycles. The first-order chi connectivity index (χ1) is 3.79.